The highest BCUT2D eigenvalue weighted by Crippen LogP contribution is 2.64. The third kappa shape index (κ3) is 3.54. The number of benzene rings is 1. The SMILES string of the molecule is Cc1ccccc1/C(C#N)=C1/C=CS/C1=N\OS(=O)(=O)CC12CCC(CC1=O)C2(C)C. The van der Waals surface area contributed by atoms with Crippen molar-refractivity contribution in [2.24, 2.45) is 21.9 Å². The van der Waals surface area contributed by atoms with E-state index in [1.165, 1.54) is 11.8 Å². The van der Waals surface area contributed by atoms with Crippen molar-refractivity contribution in [1.29, 1.82) is 5.26 Å². The standard InChI is InChI=1S/C23H24N2O4S2/c1-15-6-4-5-7-17(15)19(13-24)18-9-11-30-21(18)25-29-31(27,28)14-23-10-8-16(12-20(23)26)22(23,2)3/h4-7,9,11,16H,8,10,12,14H2,1-3H3/b19-18-,25-21-. The van der Waals surface area contributed by atoms with Crippen molar-refractivity contribution in [3.8, 4) is 6.07 Å². The monoisotopic (exact) mass is 456 g/mol. The molecule has 2 bridgehead atoms. The smallest absolute Gasteiger partial charge is 0.299 e. The number of fused-ring (bicyclic) bond motifs is 2. The minimum Gasteiger partial charge on any atom is -0.299 e. The molecule has 0 aromatic heterocycles. The van der Waals surface area contributed by atoms with Gasteiger partial charge in [-0.05, 0) is 53.7 Å². The van der Waals surface area contributed by atoms with Crippen LogP contribution in [0, 0.1) is 35.0 Å². The Bertz CT molecular complexity index is 1190. The predicted octanol–water partition coefficient (Wildman–Crippen LogP) is 4.59. The summed E-state index contributed by atoms with van der Waals surface area (Å²) in [4.78, 5) is 12.7. The van der Waals surface area contributed by atoms with Crippen molar-refractivity contribution in [3.63, 3.8) is 0 Å². The summed E-state index contributed by atoms with van der Waals surface area (Å²) in [7, 11) is -4.08. The highest BCUT2D eigenvalue weighted by atomic mass is 32.2. The van der Waals surface area contributed by atoms with Crippen molar-refractivity contribution in [3.05, 3.63) is 52.4 Å². The number of aryl methyl sites for hydroxylation is 1. The molecule has 4 rings (SSSR count). The lowest BCUT2D eigenvalue weighted by Crippen LogP contribution is -2.42. The highest BCUT2D eigenvalue weighted by molar-refractivity contribution is 8.17. The van der Waals surface area contributed by atoms with Crippen molar-refractivity contribution < 1.29 is 17.5 Å². The fourth-order valence-corrected chi connectivity index (χ4v) is 7.49. The molecule has 162 valence electrons. The van der Waals surface area contributed by atoms with Crippen LogP contribution in [-0.4, -0.2) is 25.0 Å². The highest BCUT2D eigenvalue weighted by Gasteiger charge is 2.65. The van der Waals surface area contributed by atoms with Gasteiger partial charge in [0.25, 0.3) is 0 Å². The molecule has 0 N–H and O–H groups in total. The maximum atomic E-state index is 12.8. The van der Waals surface area contributed by atoms with E-state index in [0.717, 1.165) is 17.5 Å². The summed E-state index contributed by atoms with van der Waals surface area (Å²) < 4.78 is 30.7. The minimum atomic E-state index is -4.08. The number of rotatable bonds is 5. The van der Waals surface area contributed by atoms with Gasteiger partial charge in [0.05, 0.1) is 11.0 Å². The van der Waals surface area contributed by atoms with E-state index < -0.39 is 15.5 Å². The zero-order valence-corrected chi connectivity index (χ0v) is 19.3. The number of nitrogens with zero attached hydrogens (tertiary/aromatic N) is 2. The van der Waals surface area contributed by atoms with Crippen molar-refractivity contribution in [2.45, 2.75) is 40.0 Å². The zero-order chi connectivity index (χ0) is 22.4. The fraction of sp³-hybridized carbons (Fsp3) is 0.435. The summed E-state index contributed by atoms with van der Waals surface area (Å²) in [5.41, 5.74) is 1.34. The number of hydrogen-bond acceptors (Lipinski definition) is 7. The molecule has 0 amide bonds. The van der Waals surface area contributed by atoms with Gasteiger partial charge in [-0.25, -0.2) is 0 Å². The summed E-state index contributed by atoms with van der Waals surface area (Å²) in [5.74, 6) is -0.130. The van der Waals surface area contributed by atoms with E-state index in [1.54, 1.807) is 11.5 Å². The van der Waals surface area contributed by atoms with Crippen LogP contribution in [0.25, 0.3) is 5.57 Å². The average molecular weight is 457 g/mol. The first-order valence-corrected chi connectivity index (χ1v) is 12.6. The van der Waals surface area contributed by atoms with Crippen molar-refractivity contribution >= 4 is 38.3 Å². The van der Waals surface area contributed by atoms with E-state index >= 15 is 0 Å². The average Bonchev–Trinajstić information content (AvgIpc) is 3.31. The molecule has 0 radical (unpaired) electrons. The van der Waals surface area contributed by atoms with Gasteiger partial charge < -0.3 is 0 Å². The fourth-order valence-electron chi connectivity index (χ4n) is 5.21. The maximum Gasteiger partial charge on any atom is 0.329 e. The van der Waals surface area contributed by atoms with E-state index in [0.29, 0.717) is 29.0 Å². The number of nitriles is 1. The molecule has 2 atom stereocenters. The normalized spacial score (nSPS) is 29.4. The summed E-state index contributed by atoms with van der Waals surface area (Å²) in [5, 5.41) is 15.7. The first-order valence-electron chi connectivity index (χ1n) is 10.2. The van der Waals surface area contributed by atoms with Gasteiger partial charge in [0.1, 0.15) is 22.6 Å². The first-order chi connectivity index (χ1) is 14.6. The topological polar surface area (TPSA) is 96.6 Å². The van der Waals surface area contributed by atoms with E-state index in [2.05, 4.69) is 11.2 Å². The molecule has 2 fully saturated rings. The van der Waals surface area contributed by atoms with Gasteiger partial charge in [-0.15, -0.1) is 0 Å². The molecule has 31 heavy (non-hydrogen) atoms. The van der Waals surface area contributed by atoms with Crippen LogP contribution in [-0.2, 0) is 19.2 Å². The van der Waals surface area contributed by atoms with Crippen LogP contribution in [0.15, 0.2) is 46.5 Å². The van der Waals surface area contributed by atoms with E-state index in [9.17, 15) is 18.5 Å². The van der Waals surface area contributed by atoms with Gasteiger partial charge in [-0.3, -0.25) is 9.08 Å². The minimum absolute atomic E-state index is 0.0115. The lowest BCUT2D eigenvalue weighted by Gasteiger charge is -2.35. The number of carbonyl (C=O) groups is 1. The molecule has 2 unspecified atom stereocenters. The molecule has 6 nitrogen and oxygen atoms in total. The molecule has 0 saturated heterocycles. The van der Waals surface area contributed by atoms with E-state index in [1.807, 2.05) is 45.0 Å². The molecule has 8 heteroatoms. The maximum absolute atomic E-state index is 12.8. The molecular weight excluding hydrogens is 432 g/mol. The van der Waals surface area contributed by atoms with Crippen molar-refractivity contribution in [2.75, 3.05) is 5.75 Å². The number of allylic oxidation sites excluding steroid dienone is 2. The number of Topliss-reactive ketones (excluding diaryl/α,β-unsaturated/α-hetero) is 1. The van der Waals surface area contributed by atoms with Gasteiger partial charge in [-0.1, -0.05) is 55.0 Å². The third-order valence-corrected chi connectivity index (χ3v) is 9.17. The molecule has 1 aromatic rings. The zero-order valence-electron chi connectivity index (χ0n) is 17.7. The lowest BCUT2D eigenvalue weighted by molar-refractivity contribution is -0.128. The van der Waals surface area contributed by atoms with Gasteiger partial charge >= 0.3 is 10.1 Å². The summed E-state index contributed by atoms with van der Waals surface area (Å²) >= 11 is 1.20. The number of ketones is 1. The lowest BCUT2D eigenvalue weighted by atomic mass is 9.70. The van der Waals surface area contributed by atoms with E-state index in [-0.39, 0.29) is 22.9 Å². The number of carbonyl (C=O) groups excluding carboxylic acids is 1. The molecule has 2 aliphatic carbocycles. The Morgan fingerprint density at radius 3 is 2.71 bits per heavy atom. The van der Waals surface area contributed by atoms with Crippen LogP contribution in [0.3, 0.4) is 0 Å². The summed E-state index contributed by atoms with van der Waals surface area (Å²) in [6.07, 6.45) is 3.59. The number of thioether (sulfide) groups is 1. The van der Waals surface area contributed by atoms with Crippen molar-refractivity contribution in [1.82, 2.24) is 0 Å². The van der Waals surface area contributed by atoms with Crippen LogP contribution >= 0.6 is 11.8 Å². The van der Waals surface area contributed by atoms with Crippen LogP contribution in [0.4, 0.5) is 0 Å². The second kappa shape index (κ2) is 7.64. The van der Waals surface area contributed by atoms with Crippen LogP contribution < -0.4 is 0 Å². The molecule has 1 aliphatic heterocycles. The molecule has 1 aromatic carbocycles. The summed E-state index contributed by atoms with van der Waals surface area (Å²) in [6, 6.07) is 9.70. The molecule has 3 aliphatic rings. The Balaban J connectivity index is 1.62. The third-order valence-electron chi connectivity index (χ3n) is 7.24. The number of oxime groups is 1. The van der Waals surface area contributed by atoms with Gasteiger partial charge in [0.2, 0.25) is 0 Å². The number of hydrogen-bond donors (Lipinski definition) is 0. The second-order valence-corrected chi connectivity index (χ2v) is 11.4. The molecule has 0 spiro atoms. The Hall–Kier alpha value is -2.37. The molecule has 2 saturated carbocycles. The van der Waals surface area contributed by atoms with Crippen LogP contribution in [0.1, 0.15) is 44.2 Å². The van der Waals surface area contributed by atoms with Gasteiger partial charge in [-0.2, -0.15) is 13.7 Å². The Morgan fingerprint density at radius 1 is 1.35 bits per heavy atom. The summed E-state index contributed by atoms with van der Waals surface area (Å²) in [6.45, 7) is 5.87. The molecule has 1 heterocycles. The van der Waals surface area contributed by atoms with Crippen LogP contribution in [0.5, 0.6) is 0 Å². The Labute approximate surface area is 187 Å². The Morgan fingerprint density at radius 2 is 2.10 bits per heavy atom. The van der Waals surface area contributed by atoms with Gasteiger partial charge in [0, 0.05) is 12.0 Å². The Kier molecular flexibility index (Phi) is 5.39. The first kappa shape index (κ1) is 21.8. The van der Waals surface area contributed by atoms with Crippen LogP contribution in [0.2, 0.25) is 0 Å². The second-order valence-electron chi connectivity index (χ2n) is 8.98. The van der Waals surface area contributed by atoms with E-state index in [4.69, 9.17) is 4.28 Å². The van der Waals surface area contributed by atoms with Gasteiger partial charge in [0.15, 0.2) is 0 Å². The molecular formula is C23H24N2O4S2. The quantitative estimate of drug-likeness (QED) is 0.475. The largest absolute Gasteiger partial charge is 0.329 e. The predicted molar refractivity (Wildman–Crippen MR) is 121 cm³/mol.